The number of benzene rings is 1. The molecule has 1 aliphatic rings. The van der Waals surface area contributed by atoms with Gasteiger partial charge in [-0.25, -0.2) is 4.39 Å². The van der Waals surface area contributed by atoms with Gasteiger partial charge in [-0.3, -0.25) is 11.3 Å². The highest BCUT2D eigenvalue weighted by molar-refractivity contribution is 6.30. The van der Waals surface area contributed by atoms with Crippen LogP contribution in [0.3, 0.4) is 0 Å². The van der Waals surface area contributed by atoms with E-state index in [-0.39, 0.29) is 11.9 Å². The largest absolute Gasteiger partial charge is 0.271 e. The van der Waals surface area contributed by atoms with E-state index >= 15 is 0 Å². The van der Waals surface area contributed by atoms with Gasteiger partial charge < -0.3 is 0 Å². The maximum absolute atomic E-state index is 13.8. The lowest BCUT2D eigenvalue weighted by atomic mass is 9.90. The zero-order valence-electron chi connectivity index (χ0n) is 11.9. The van der Waals surface area contributed by atoms with Crippen molar-refractivity contribution in [1.82, 2.24) is 5.43 Å². The van der Waals surface area contributed by atoms with E-state index in [1.54, 1.807) is 12.1 Å². The summed E-state index contributed by atoms with van der Waals surface area (Å²) in [6.07, 6.45) is 9.48. The Labute approximate surface area is 125 Å². The van der Waals surface area contributed by atoms with Crippen molar-refractivity contribution in [2.24, 2.45) is 11.8 Å². The highest BCUT2D eigenvalue weighted by Gasteiger charge is 2.19. The molecular weight excluding hydrogens is 275 g/mol. The minimum atomic E-state index is -0.199. The zero-order valence-corrected chi connectivity index (χ0v) is 12.6. The third-order valence-corrected chi connectivity index (χ3v) is 4.54. The molecule has 0 heterocycles. The number of hydrazine groups is 1. The van der Waals surface area contributed by atoms with Crippen LogP contribution in [0.2, 0.25) is 5.02 Å². The minimum absolute atomic E-state index is 0.117. The predicted octanol–water partition coefficient (Wildman–Crippen LogP) is 4.21. The average Bonchev–Trinajstić information content (AvgIpc) is 2.70. The van der Waals surface area contributed by atoms with E-state index in [2.05, 4.69) is 5.43 Å². The van der Waals surface area contributed by atoms with Gasteiger partial charge >= 0.3 is 0 Å². The first-order valence-electron chi connectivity index (χ1n) is 7.59. The standard InChI is InChI=1S/C16H24ClFN2/c17-14-7-8-16(18)13(10-14)11-15(20-19)9-12-5-3-1-2-4-6-12/h7-8,10,12,15,20H,1-6,9,11,19H2. The molecule has 20 heavy (non-hydrogen) atoms. The number of hydrogen-bond acceptors (Lipinski definition) is 2. The van der Waals surface area contributed by atoms with Gasteiger partial charge in [0.15, 0.2) is 0 Å². The van der Waals surface area contributed by atoms with Crippen LogP contribution < -0.4 is 11.3 Å². The van der Waals surface area contributed by atoms with Crippen molar-refractivity contribution in [1.29, 1.82) is 0 Å². The lowest BCUT2D eigenvalue weighted by Gasteiger charge is -2.22. The van der Waals surface area contributed by atoms with E-state index in [1.807, 2.05) is 0 Å². The summed E-state index contributed by atoms with van der Waals surface area (Å²) < 4.78 is 13.8. The number of hydrogen-bond donors (Lipinski definition) is 2. The van der Waals surface area contributed by atoms with Gasteiger partial charge in [0, 0.05) is 11.1 Å². The molecule has 2 nitrogen and oxygen atoms in total. The smallest absolute Gasteiger partial charge is 0.126 e. The average molecular weight is 299 g/mol. The number of nitrogens with two attached hydrogens (primary N) is 1. The molecule has 4 heteroatoms. The summed E-state index contributed by atoms with van der Waals surface area (Å²) in [6.45, 7) is 0. The van der Waals surface area contributed by atoms with Crippen LogP contribution in [0.1, 0.15) is 50.5 Å². The van der Waals surface area contributed by atoms with Gasteiger partial charge in [-0.2, -0.15) is 0 Å². The molecule has 0 saturated heterocycles. The molecule has 0 aliphatic heterocycles. The summed E-state index contributed by atoms with van der Waals surface area (Å²) in [5, 5.41) is 0.576. The molecule has 0 bridgehead atoms. The summed E-state index contributed by atoms with van der Waals surface area (Å²) in [5.74, 6) is 6.17. The Morgan fingerprint density at radius 1 is 1.25 bits per heavy atom. The van der Waals surface area contributed by atoms with Crippen molar-refractivity contribution >= 4 is 11.6 Å². The Morgan fingerprint density at radius 2 is 1.95 bits per heavy atom. The molecule has 1 fully saturated rings. The van der Waals surface area contributed by atoms with Crippen LogP contribution in [0.4, 0.5) is 4.39 Å². The Hall–Kier alpha value is -0.640. The Balaban J connectivity index is 1.95. The van der Waals surface area contributed by atoms with E-state index in [1.165, 1.54) is 44.6 Å². The van der Waals surface area contributed by atoms with Crippen LogP contribution in [0.15, 0.2) is 18.2 Å². The van der Waals surface area contributed by atoms with Crippen molar-refractivity contribution in [2.45, 2.75) is 57.4 Å². The topological polar surface area (TPSA) is 38.0 Å². The second kappa shape index (κ2) is 7.96. The molecule has 1 aromatic carbocycles. The number of halogens is 2. The molecule has 1 unspecified atom stereocenters. The van der Waals surface area contributed by atoms with E-state index in [0.29, 0.717) is 22.9 Å². The Bertz CT molecular complexity index is 417. The number of rotatable bonds is 5. The Kier molecular flexibility index (Phi) is 6.27. The van der Waals surface area contributed by atoms with Crippen molar-refractivity contribution < 1.29 is 4.39 Å². The van der Waals surface area contributed by atoms with E-state index < -0.39 is 0 Å². The van der Waals surface area contributed by atoms with Crippen molar-refractivity contribution in [3.05, 3.63) is 34.6 Å². The highest BCUT2D eigenvalue weighted by atomic mass is 35.5. The zero-order chi connectivity index (χ0) is 14.4. The fourth-order valence-electron chi connectivity index (χ4n) is 3.18. The van der Waals surface area contributed by atoms with Crippen LogP contribution in [0.25, 0.3) is 0 Å². The molecule has 2 rings (SSSR count). The SMILES string of the molecule is NNC(Cc1cc(Cl)ccc1F)CC1CCCCCC1. The predicted molar refractivity (Wildman–Crippen MR) is 82.0 cm³/mol. The molecular formula is C16H24ClFN2. The molecule has 0 spiro atoms. The summed E-state index contributed by atoms with van der Waals surface area (Å²) in [7, 11) is 0. The van der Waals surface area contributed by atoms with Gasteiger partial charge in [0.2, 0.25) is 0 Å². The monoisotopic (exact) mass is 298 g/mol. The summed E-state index contributed by atoms with van der Waals surface area (Å²) in [6, 6.07) is 4.83. The molecule has 3 N–H and O–H groups in total. The first kappa shape index (κ1) is 15.7. The van der Waals surface area contributed by atoms with Crippen LogP contribution in [0.5, 0.6) is 0 Å². The molecule has 1 aromatic rings. The van der Waals surface area contributed by atoms with E-state index in [4.69, 9.17) is 17.4 Å². The number of nitrogens with one attached hydrogen (secondary N) is 1. The van der Waals surface area contributed by atoms with Gasteiger partial charge in [0.1, 0.15) is 5.82 Å². The van der Waals surface area contributed by atoms with Crippen LogP contribution in [-0.2, 0) is 6.42 Å². The molecule has 1 saturated carbocycles. The van der Waals surface area contributed by atoms with Gasteiger partial charge in [-0.05, 0) is 42.5 Å². The quantitative estimate of drug-likeness (QED) is 0.485. The van der Waals surface area contributed by atoms with E-state index in [9.17, 15) is 4.39 Å². The van der Waals surface area contributed by atoms with Gasteiger partial charge in [-0.1, -0.05) is 50.1 Å². The van der Waals surface area contributed by atoms with Crippen LogP contribution >= 0.6 is 11.6 Å². The van der Waals surface area contributed by atoms with Crippen molar-refractivity contribution in [3.63, 3.8) is 0 Å². The third-order valence-electron chi connectivity index (χ3n) is 4.30. The molecule has 112 valence electrons. The minimum Gasteiger partial charge on any atom is -0.271 e. The maximum atomic E-state index is 13.8. The maximum Gasteiger partial charge on any atom is 0.126 e. The third kappa shape index (κ3) is 4.72. The summed E-state index contributed by atoms with van der Waals surface area (Å²) in [4.78, 5) is 0. The van der Waals surface area contributed by atoms with Crippen molar-refractivity contribution in [2.75, 3.05) is 0 Å². The molecule has 1 atom stereocenters. The van der Waals surface area contributed by atoms with Gasteiger partial charge in [-0.15, -0.1) is 0 Å². The lowest BCUT2D eigenvalue weighted by Crippen LogP contribution is -2.38. The Morgan fingerprint density at radius 3 is 2.60 bits per heavy atom. The van der Waals surface area contributed by atoms with E-state index in [0.717, 1.165) is 6.42 Å². The van der Waals surface area contributed by atoms with Crippen LogP contribution in [0, 0.1) is 11.7 Å². The lowest BCUT2D eigenvalue weighted by molar-refractivity contribution is 0.350. The molecule has 0 amide bonds. The van der Waals surface area contributed by atoms with Gasteiger partial charge in [0.05, 0.1) is 0 Å². The van der Waals surface area contributed by atoms with Crippen molar-refractivity contribution in [3.8, 4) is 0 Å². The second-order valence-corrected chi connectivity index (χ2v) is 6.33. The summed E-state index contributed by atoms with van der Waals surface area (Å²) in [5.41, 5.74) is 3.50. The molecule has 0 radical (unpaired) electrons. The first-order valence-corrected chi connectivity index (χ1v) is 7.97. The van der Waals surface area contributed by atoms with Gasteiger partial charge in [0.25, 0.3) is 0 Å². The highest BCUT2D eigenvalue weighted by Crippen LogP contribution is 2.27. The van der Waals surface area contributed by atoms with Crippen LogP contribution in [-0.4, -0.2) is 6.04 Å². The normalized spacial score (nSPS) is 18.8. The fourth-order valence-corrected chi connectivity index (χ4v) is 3.37. The fraction of sp³-hybridized carbons (Fsp3) is 0.625. The second-order valence-electron chi connectivity index (χ2n) is 5.90. The first-order chi connectivity index (χ1) is 9.69. The molecule has 1 aliphatic carbocycles. The summed E-state index contributed by atoms with van der Waals surface area (Å²) >= 11 is 5.94. The molecule has 0 aromatic heterocycles.